The van der Waals surface area contributed by atoms with Crippen molar-refractivity contribution in [3.8, 4) is 0 Å². The molecule has 1 saturated carbocycles. The number of nitrogens with zero attached hydrogens (tertiary/aromatic N) is 1. The highest BCUT2D eigenvalue weighted by Crippen LogP contribution is 2.47. The molecule has 3 heteroatoms. The molecule has 0 radical (unpaired) electrons. The molecule has 104 valence electrons. The van der Waals surface area contributed by atoms with E-state index >= 15 is 0 Å². The molecule has 0 unspecified atom stereocenters. The molecule has 1 fully saturated rings. The van der Waals surface area contributed by atoms with Gasteiger partial charge in [0.1, 0.15) is 5.82 Å². The predicted molar refractivity (Wildman–Crippen MR) is 80.0 cm³/mol. The first kappa shape index (κ1) is 13.1. The van der Waals surface area contributed by atoms with Gasteiger partial charge in [-0.05, 0) is 24.3 Å². The number of rotatable bonds is 3. The summed E-state index contributed by atoms with van der Waals surface area (Å²) < 4.78 is 0. The van der Waals surface area contributed by atoms with Crippen LogP contribution in [-0.2, 0) is 5.41 Å². The molecule has 0 spiro atoms. The lowest BCUT2D eigenvalue weighted by molar-refractivity contribution is 0.283. The standard InChI is InChI=1S/C17H20N2O/c1-12(2)14-11-15(20)19-16(18-14)17(9-6-10-17)13-7-4-3-5-8-13/h3-5,7-8,11-12H,6,9-10H2,1-2H3,(H,18,19,20). The van der Waals surface area contributed by atoms with Crippen molar-refractivity contribution < 1.29 is 0 Å². The van der Waals surface area contributed by atoms with E-state index in [2.05, 4.69) is 43.1 Å². The number of benzene rings is 1. The van der Waals surface area contributed by atoms with Gasteiger partial charge in [0, 0.05) is 6.07 Å². The fourth-order valence-electron chi connectivity index (χ4n) is 2.95. The number of aromatic nitrogens is 2. The number of hydrogen-bond donors (Lipinski definition) is 1. The average Bonchev–Trinajstić information content (AvgIpc) is 2.38. The van der Waals surface area contributed by atoms with Gasteiger partial charge >= 0.3 is 0 Å². The molecule has 0 bridgehead atoms. The van der Waals surface area contributed by atoms with E-state index in [1.807, 2.05) is 6.07 Å². The van der Waals surface area contributed by atoms with Gasteiger partial charge in [-0.25, -0.2) is 4.98 Å². The van der Waals surface area contributed by atoms with Crippen LogP contribution in [0.2, 0.25) is 0 Å². The van der Waals surface area contributed by atoms with Crippen LogP contribution in [0, 0.1) is 0 Å². The number of aromatic amines is 1. The number of H-pyrrole nitrogens is 1. The lowest BCUT2D eigenvalue weighted by Gasteiger charge is -2.41. The van der Waals surface area contributed by atoms with Crippen molar-refractivity contribution in [2.45, 2.75) is 44.4 Å². The molecule has 1 aliphatic carbocycles. The molecule has 1 aromatic carbocycles. The molecule has 0 amide bonds. The van der Waals surface area contributed by atoms with E-state index in [1.54, 1.807) is 6.07 Å². The molecular weight excluding hydrogens is 248 g/mol. The van der Waals surface area contributed by atoms with Crippen molar-refractivity contribution in [3.05, 3.63) is 63.8 Å². The Morgan fingerprint density at radius 2 is 1.90 bits per heavy atom. The Hall–Kier alpha value is -1.90. The van der Waals surface area contributed by atoms with Gasteiger partial charge in [-0.15, -0.1) is 0 Å². The Labute approximate surface area is 119 Å². The van der Waals surface area contributed by atoms with Gasteiger partial charge in [0.05, 0.1) is 11.1 Å². The fraction of sp³-hybridized carbons (Fsp3) is 0.412. The summed E-state index contributed by atoms with van der Waals surface area (Å²) in [5, 5.41) is 0. The average molecular weight is 268 g/mol. The van der Waals surface area contributed by atoms with Crippen molar-refractivity contribution >= 4 is 0 Å². The third-order valence-electron chi connectivity index (χ3n) is 4.34. The smallest absolute Gasteiger partial charge is 0.251 e. The molecule has 0 saturated heterocycles. The largest absolute Gasteiger partial charge is 0.310 e. The number of nitrogens with one attached hydrogen (secondary N) is 1. The maximum absolute atomic E-state index is 11.9. The van der Waals surface area contributed by atoms with E-state index in [-0.39, 0.29) is 16.9 Å². The predicted octanol–water partition coefficient (Wildman–Crippen LogP) is 3.36. The van der Waals surface area contributed by atoms with Crippen LogP contribution in [0.4, 0.5) is 0 Å². The molecule has 1 aromatic heterocycles. The van der Waals surface area contributed by atoms with E-state index in [9.17, 15) is 4.79 Å². The highest BCUT2D eigenvalue weighted by Gasteiger charge is 2.42. The maximum atomic E-state index is 11.9. The lowest BCUT2D eigenvalue weighted by Crippen LogP contribution is -2.39. The molecule has 3 rings (SSSR count). The first-order chi connectivity index (χ1) is 9.62. The first-order valence-electron chi connectivity index (χ1n) is 7.29. The second-order valence-corrected chi connectivity index (χ2v) is 5.98. The monoisotopic (exact) mass is 268 g/mol. The lowest BCUT2D eigenvalue weighted by atomic mass is 9.64. The highest BCUT2D eigenvalue weighted by molar-refractivity contribution is 5.36. The van der Waals surface area contributed by atoms with Crippen LogP contribution in [0.15, 0.2) is 41.2 Å². The van der Waals surface area contributed by atoms with Crippen LogP contribution in [0.3, 0.4) is 0 Å². The highest BCUT2D eigenvalue weighted by atomic mass is 16.1. The van der Waals surface area contributed by atoms with Gasteiger partial charge < -0.3 is 4.98 Å². The number of hydrogen-bond acceptors (Lipinski definition) is 2. The van der Waals surface area contributed by atoms with Crippen LogP contribution < -0.4 is 5.56 Å². The fourth-order valence-corrected chi connectivity index (χ4v) is 2.95. The third kappa shape index (κ3) is 2.07. The van der Waals surface area contributed by atoms with Crippen molar-refractivity contribution in [2.75, 3.05) is 0 Å². The Morgan fingerprint density at radius 3 is 2.45 bits per heavy atom. The molecule has 0 atom stereocenters. The van der Waals surface area contributed by atoms with Crippen LogP contribution in [0.5, 0.6) is 0 Å². The maximum Gasteiger partial charge on any atom is 0.251 e. The summed E-state index contributed by atoms with van der Waals surface area (Å²) in [6, 6.07) is 12.0. The van der Waals surface area contributed by atoms with Gasteiger partial charge in [0.25, 0.3) is 5.56 Å². The summed E-state index contributed by atoms with van der Waals surface area (Å²) in [5.41, 5.74) is 2.01. The summed E-state index contributed by atoms with van der Waals surface area (Å²) in [6.45, 7) is 4.14. The van der Waals surface area contributed by atoms with Gasteiger partial charge in [-0.2, -0.15) is 0 Å². The zero-order chi connectivity index (χ0) is 14.2. The van der Waals surface area contributed by atoms with E-state index in [4.69, 9.17) is 4.98 Å². The SMILES string of the molecule is CC(C)c1cc(=O)[nH]c(C2(c3ccccc3)CCC2)n1. The van der Waals surface area contributed by atoms with Crippen LogP contribution in [0.25, 0.3) is 0 Å². The molecule has 20 heavy (non-hydrogen) atoms. The minimum Gasteiger partial charge on any atom is -0.310 e. The van der Waals surface area contributed by atoms with E-state index in [0.717, 1.165) is 24.4 Å². The molecule has 1 heterocycles. The normalized spacial score (nSPS) is 16.9. The summed E-state index contributed by atoms with van der Waals surface area (Å²) in [5.74, 6) is 1.11. The van der Waals surface area contributed by atoms with E-state index in [0.29, 0.717) is 0 Å². The molecular formula is C17H20N2O. The first-order valence-corrected chi connectivity index (χ1v) is 7.29. The second-order valence-electron chi connectivity index (χ2n) is 5.98. The van der Waals surface area contributed by atoms with Gasteiger partial charge in [0.15, 0.2) is 0 Å². The quantitative estimate of drug-likeness (QED) is 0.927. The van der Waals surface area contributed by atoms with Crippen LogP contribution >= 0.6 is 0 Å². The van der Waals surface area contributed by atoms with E-state index < -0.39 is 0 Å². The minimum atomic E-state index is -0.0919. The van der Waals surface area contributed by atoms with Crippen LogP contribution in [-0.4, -0.2) is 9.97 Å². The zero-order valence-electron chi connectivity index (χ0n) is 12.0. The van der Waals surface area contributed by atoms with Gasteiger partial charge in [0.2, 0.25) is 0 Å². The Morgan fingerprint density at radius 1 is 1.20 bits per heavy atom. The molecule has 1 N–H and O–H groups in total. The summed E-state index contributed by atoms with van der Waals surface area (Å²) in [7, 11) is 0. The Balaban J connectivity index is 2.13. The molecule has 1 aliphatic rings. The van der Waals surface area contributed by atoms with Crippen LogP contribution in [0.1, 0.15) is 56.1 Å². The van der Waals surface area contributed by atoms with Gasteiger partial charge in [-0.3, -0.25) is 4.79 Å². The molecule has 0 aliphatic heterocycles. The second kappa shape index (κ2) is 4.89. The zero-order valence-corrected chi connectivity index (χ0v) is 12.0. The summed E-state index contributed by atoms with van der Waals surface area (Å²) in [4.78, 5) is 19.7. The molecule has 2 aromatic rings. The Kier molecular flexibility index (Phi) is 3.20. The van der Waals surface area contributed by atoms with Gasteiger partial charge in [-0.1, -0.05) is 50.6 Å². The molecule has 3 nitrogen and oxygen atoms in total. The summed E-state index contributed by atoms with van der Waals surface area (Å²) in [6.07, 6.45) is 3.30. The third-order valence-corrected chi connectivity index (χ3v) is 4.34. The van der Waals surface area contributed by atoms with E-state index in [1.165, 1.54) is 12.0 Å². The summed E-state index contributed by atoms with van der Waals surface area (Å²) >= 11 is 0. The minimum absolute atomic E-state index is 0.0408. The topological polar surface area (TPSA) is 45.8 Å². The van der Waals surface area contributed by atoms with Crippen molar-refractivity contribution in [1.29, 1.82) is 0 Å². The van der Waals surface area contributed by atoms with Crippen molar-refractivity contribution in [2.24, 2.45) is 0 Å². The van der Waals surface area contributed by atoms with Crippen molar-refractivity contribution in [1.82, 2.24) is 9.97 Å². The Bertz CT molecular complexity index is 654. The van der Waals surface area contributed by atoms with Crippen molar-refractivity contribution in [3.63, 3.8) is 0 Å².